The van der Waals surface area contributed by atoms with Gasteiger partial charge in [-0.25, -0.2) is 0 Å². The molecule has 2 N–H and O–H groups in total. The van der Waals surface area contributed by atoms with E-state index in [9.17, 15) is 19.8 Å². The van der Waals surface area contributed by atoms with Crippen LogP contribution in [0.25, 0.3) is 0 Å². The van der Waals surface area contributed by atoms with Crippen LogP contribution in [0.4, 0.5) is 0 Å². The van der Waals surface area contributed by atoms with E-state index >= 15 is 0 Å². The van der Waals surface area contributed by atoms with Crippen LogP contribution in [0.1, 0.15) is 82.1 Å². The van der Waals surface area contributed by atoms with Gasteiger partial charge in [0, 0.05) is 16.6 Å². The molecule has 2 aliphatic rings. The fourth-order valence-electron chi connectivity index (χ4n) is 5.59. The molecular formula is C42H52O4. The molecule has 0 aromatic rings. The second kappa shape index (κ2) is 17.0. The number of rotatable bonds is 9. The van der Waals surface area contributed by atoms with Crippen LogP contribution in [-0.4, -0.2) is 34.0 Å². The van der Waals surface area contributed by atoms with E-state index in [1.165, 1.54) is 0 Å². The summed E-state index contributed by atoms with van der Waals surface area (Å²) in [5.74, 6) is 5.78. The lowest BCUT2D eigenvalue weighted by Crippen LogP contribution is -2.35. The summed E-state index contributed by atoms with van der Waals surface area (Å²) in [5, 5.41) is 20.0. The first-order valence-corrected chi connectivity index (χ1v) is 15.9. The summed E-state index contributed by atoms with van der Waals surface area (Å²) >= 11 is 0. The summed E-state index contributed by atoms with van der Waals surface area (Å²) in [6.45, 7) is 19.8. The van der Waals surface area contributed by atoms with Crippen LogP contribution in [0.15, 0.2) is 130 Å². The van der Waals surface area contributed by atoms with Crippen LogP contribution in [0.3, 0.4) is 0 Å². The Balaban J connectivity index is 1.92. The third-order valence-electron chi connectivity index (χ3n) is 8.34. The molecule has 0 unspecified atom stereocenters. The lowest BCUT2D eigenvalue weighted by molar-refractivity contribution is -0.126. The van der Waals surface area contributed by atoms with Crippen LogP contribution in [-0.2, 0) is 9.59 Å². The monoisotopic (exact) mass is 620 g/mol. The van der Waals surface area contributed by atoms with Crippen molar-refractivity contribution in [2.24, 2.45) is 10.8 Å². The van der Waals surface area contributed by atoms with E-state index in [1.807, 2.05) is 95.4 Å². The first kappa shape index (κ1) is 38.1. The predicted octanol–water partition coefficient (Wildman–Crippen LogP) is 8.91. The average Bonchev–Trinajstić information content (AvgIpc) is 2.96. The molecule has 46 heavy (non-hydrogen) atoms. The van der Waals surface area contributed by atoms with Crippen molar-refractivity contribution in [3.63, 3.8) is 0 Å². The normalized spacial score (nSPS) is 23.7. The van der Waals surface area contributed by atoms with Crippen molar-refractivity contribution in [3.8, 4) is 11.8 Å². The van der Waals surface area contributed by atoms with Crippen LogP contribution in [0, 0.1) is 22.7 Å². The molecule has 4 heteroatoms. The maximum atomic E-state index is 12.2. The number of carbonyl (C=O) groups is 2. The summed E-state index contributed by atoms with van der Waals surface area (Å²) in [4.78, 5) is 24.4. The van der Waals surface area contributed by atoms with Crippen molar-refractivity contribution in [1.82, 2.24) is 0 Å². The summed E-state index contributed by atoms with van der Waals surface area (Å²) in [6.07, 6.45) is 27.1. The number of aliphatic hydroxyl groups excluding tert-OH is 2. The van der Waals surface area contributed by atoms with E-state index in [-0.39, 0.29) is 22.4 Å². The van der Waals surface area contributed by atoms with Gasteiger partial charge < -0.3 is 10.2 Å². The van der Waals surface area contributed by atoms with Crippen molar-refractivity contribution in [2.75, 3.05) is 0 Å². The van der Waals surface area contributed by atoms with Crippen molar-refractivity contribution in [3.05, 3.63) is 130 Å². The zero-order valence-corrected chi connectivity index (χ0v) is 29.4. The molecule has 0 aliphatic heterocycles. The Labute approximate surface area is 277 Å². The van der Waals surface area contributed by atoms with Crippen molar-refractivity contribution >= 4 is 11.6 Å². The van der Waals surface area contributed by atoms with Gasteiger partial charge in [0.25, 0.3) is 0 Å². The van der Waals surface area contributed by atoms with Gasteiger partial charge >= 0.3 is 0 Å². The van der Waals surface area contributed by atoms with Crippen molar-refractivity contribution in [2.45, 2.75) is 94.3 Å². The maximum absolute atomic E-state index is 12.2. The van der Waals surface area contributed by atoms with E-state index in [0.717, 1.165) is 33.4 Å². The highest BCUT2D eigenvalue weighted by atomic mass is 16.3. The van der Waals surface area contributed by atoms with Gasteiger partial charge in [0.2, 0.25) is 0 Å². The molecule has 0 fully saturated rings. The Kier molecular flexibility index (Phi) is 14.1. The molecule has 0 bridgehead atoms. The number of ketones is 2. The van der Waals surface area contributed by atoms with Crippen molar-refractivity contribution < 1.29 is 19.8 Å². The number of allylic oxidation sites excluding steroid dienone is 20. The van der Waals surface area contributed by atoms with Crippen LogP contribution in [0.5, 0.6) is 0 Å². The zero-order chi connectivity index (χ0) is 34.7. The molecule has 0 amide bonds. The first-order valence-electron chi connectivity index (χ1n) is 15.9. The minimum absolute atomic E-state index is 0.176. The van der Waals surface area contributed by atoms with Gasteiger partial charge in [-0.15, -0.1) is 0 Å². The van der Waals surface area contributed by atoms with Crippen molar-refractivity contribution in [1.29, 1.82) is 0 Å². The second-order valence-electron chi connectivity index (χ2n) is 13.7. The standard InChI is InChI=1S/C42H52O4/c1-29(20-15-21-31(3)19-13-14-24-35-33(5)39(45)37(43)27-41(35,7)8)17-11-12-18-30(2)22-16-23-32(4)25-26-36-34(6)40(46)38(44)28-42(36,9)10/h11-13,15-23,25-26,37-38,43-44H,27-28H2,1-10H3/b12-11+,19-13+,20-15+,22-16+,26-25+,29-17+,30-18+,31-21+,32-23+/t37-,38-/m0/s1. The maximum Gasteiger partial charge on any atom is 0.187 e. The molecule has 244 valence electrons. The van der Waals surface area contributed by atoms with Gasteiger partial charge in [-0.05, 0) is 77.0 Å². The molecule has 4 nitrogen and oxygen atoms in total. The fourth-order valence-corrected chi connectivity index (χ4v) is 5.59. The lowest BCUT2D eigenvalue weighted by Gasteiger charge is -2.34. The van der Waals surface area contributed by atoms with Crippen LogP contribution in [0.2, 0.25) is 0 Å². The third-order valence-corrected chi connectivity index (χ3v) is 8.34. The highest BCUT2D eigenvalue weighted by Gasteiger charge is 2.38. The fraction of sp³-hybridized carbons (Fsp3) is 0.381. The van der Waals surface area contributed by atoms with Crippen LogP contribution < -0.4 is 0 Å². The molecule has 0 radical (unpaired) electrons. The molecule has 0 aromatic heterocycles. The summed E-state index contributed by atoms with van der Waals surface area (Å²) in [5.41, 5.74) is 6.78. The number of hydrogen-bond donors (Lipinski definition) is 2. The van der Waals surface area contributed by atoms with E-state index in [1.54, 1.807) is 19.9 Å². The number of hydrogen-bond acceptors (Lipinski definition) is 4. The van der Waals surface area contributed by atoms with E-state index in [0.29, 0.717) is 24.0 Å². The molecule has 0 heterocycles. The predicted molar refractivity (Wildman–Crippen MR) is 193 cm³/mol. The SMILES string of the molecule is CC1=C(C#C/C=C/C(C)=C/C=C/C(C)=C/C=C/C=C(C)/C=C/C=C(C)/C=C/C2=C(C)C(=O)[C@@H](O)CC2(C)C)C(C)(C)C[C@H](O)C1=O. The Hall–Kier alpha value is -4.04. The smallest absolute Gasteiger partial charge is 0.187 e. The number of carbonyl (C=O) groups excluding carboxylic acids is 2. The highest BCUT2D eigenvalue weighted by molar-refractivity contribution is 6.01. The largest absolute Gasteiger partial charge is 0.385 e. The third kappa shape index (κ3) is 11.4. The molecule has 0 saturated carbocycles. The Morgan fingerprint density at radius 2 is 1.09 bits per heavy atom. The molecule has 2 aliphatic carbocycles. The molecular weight excluding hydrogens is 568 g/mol. The molecule has 2 atom stereocenters. The van der Waals surface area contributed by atoms with Crippen LogP contribution >= 0.6 is 0 Å². The Morgan fingerprint density at radius 3 is 1.63 bits per heavy atom. The Morgan fingerprint density at radius 1 is 0.652 bits per heavy atom. The summed E-state index contributed by atoms with van der Waals surface area (Å²) in [6, 6.07) is 0. The van der Waals surface area contributed by atoms with E-state index in [2.05, 4.69) is 50.8 Å². The van der Waals surface area contributed by atoms with Gasteiger partial charge in [-0.3, -0.25) is 9.59 Å². The lowest BCUT2D eigenvalue weighted by atomic mass is 9.71. The quantitative estimate of drug-likeness (QED) is 0.199. The molecule has 0 spiro atoms. The topological polar surface area (TPSA) is 74.6 Å². The molecule has 0 saturated heterocycles. The van der Waals surface area contributed by atoms with Gasteiger partial charge in [-0.1, -0.05) is 141 Å². The minimum Gasteiger partial charge on any atom is -0.385 e. The second-order valence-corrected chi connectivity index (χ2v) is 13.7. The van der Waals surface area contributed by atoms with Gasteiger partial charge in [0.1, 0.15) is 12.2 Å². The molecule has 0 aromatic carbocycles. The minimum atomic E-state index is -0.938. The zero-order valence-electron chi connectivity index (χ0n) is 29.4. The summed E-state index contributed by atoms with van der Waals surface area (Å²) in [7, 11) is 0. The van der Waals surface area contributed by atoms with E-state index in [4.69, 9.17) is 0 Å². The van der Waals surface area contributed by atoms with E-state index < -0.39 is 12.2 Å². The van der Waals surface area contributed by atoms with Gasteiger partial charge in [0.15, 0.2) is 11.6 Å². The average molecular weight is 621 g/mol. The van der Waals surface area contributed by atoms with Gasteiger partial charge in [0.05, 0.1) is 0 Å². The summed E-state index contributed by atoms with van der Waals surface area (Å²) < 4.78 is 0. The Bertz CT molecular complexity index is 1590. The van der Waals surface area contributed by atoms with Gasteiger partial charge in [-0.2, -0.15) is 0 Å². The molecule has 2 rings (SSSR count). The first-order chi connectivity index (χ1) is 21.5. The highest BCUT2D eigenvalue weighted by Crippen LogP contribution is 2.40. The number of Topliss-reactive ketones (excluding diaryl/α,β-unsaturated/α-hetero) is 2. The number of aliphatic hydroxyl groups is 2.